The van der Waals surface area contributed by atoms with E-state index >= 15 is 0 Å². The van der Waals surface area contributed by atoms with E-state index in [9.17, 15) is 4.39 Å². The molecule has 0 aromatic carbocycles. The molecule has 0 aliphatic carbocycles. The van der Waals surface area contributed by atoms with Crippen LogP contribution in [0.1, 0.15) is 19.9 Å². The Morgan fingerprint density at radius 3 is 2.93 bits per heavy atom. The number of aromatic nitrogens is 3. The number of hydrogen-bond donors (Lipinski definition) is 1. The van der Waals surface area contributed by atoms with Crippen LogP contribution in [0.3, 0.4) is 0 Å². The summed E-state index contributed by atoms with van der Waals surface area (Å²) in [5.74, 6) is -0.295. The van der Waals surface area contributed by atoms with Crippen LogP contribution in [-0.4, -0.2) is 14.5 Å². The minimum absolute atomic E-state index is 0.189. The molecule has 0 aliphatic heterocycles. The summed E-state index contributed by atoms with van der Waals surface area (Å²) in [6.45, 7) is 3.96. The molecule has 0 saturated carbocycles. The van der Waals surface area contributed by atoms with Crippen molar-refractivity contribution in [2.24, 2.45) is 0 Å². The van der Waals surface area contributed by atoms with Gasteiger partial charge in [0.05, 0.1) is 5.39 Å². The highest BCUT2D eigenvalue weighted by Gasteiger charge is 2.07. The van der Waals surface area contributed by atoms with Gasteiger partial charge in [0.1, 0.15) is 5.65 Å². The predicted octanol–water partition coefficient (Wildman–Crippen LogP) is 2.81. The van der Waals surface area contributed by atoms with E-state index in [-0.39, 0.29) is 11.9 Å². The van der Waals surface area contributed by atoms with Gasteiger partial charge in [-0.2, -0.15) is 0 Å². The molecule has 2 heterocycles. The third-order valence-corrected chi connectivity index (χ3v) is 2.40. The van der Waals surface area contributed by atoms with Crippen molar-refractivity contribution >= 4 is 23.3 Å². The van der Waals surface area contributed by atoms with Crippen LogP contribution in [0.25, 0.3) is 11.0 Å². The fraction of sp³-hybridized carbons (Fsp3) is 0.333. The molecule has 0 radical (unpaired) electrons. The summed E-state index contributed by atoms with van der Waals surface area (Å²) in [7, 11) is 0. The van der Waals surface area contributed by atoms with Gasteiger partial charge in [0.25, 0.3) is 0 Å². The van der Waals surface area contributed by atoms with Crippen LogP contribution in [0.5, 0.6) is 0 Å². The molecular weight excluding hydrogens is 201 g/mol. The van der Waals surface area contributed by atoms with Crippen molar-refractivity contribution in [3.05, 3.63) is 23.0 Å². The van der Waals surface area contributed by atoms with E-state index in [1.54, 1.807) is 10.8 Å². The van der Waals surface area contributed by atoms with Crippen molar-refractivity contribution in [2.45, 2.75) is 19.9 Å². The molecule has 0 bridgehead atoms. The molecular formula is C9H10FN3S. The molecule has 0 saturated heterocycles. The Bertz CT molecular complexity index is 526. The van der Waals surface area contributed by atoms with E-state index in [0.29, 0.717) is 15.8 Å². The number of fused-ring (bicyclic) bond motifs is 1. The van der Waals surface area contributed by atoms with E-state index in [1.165, 1.54) is 6.20 Å². The van der Waals surface area contributed by atoms with Crippen molar-refractivity contribution in [1.29, 1.82) is 0 Å². The van der Waals surface area contributed by atoms with E-state index < -0.39 is 0 Å². The van der Waals surface area contributed by atoms with Gasteiger partial charge in [0.15, 0.2) is 5.82 Å². The number of H-pyrrole nitrogens is 1. The van der Waals surface area contributed by atoms with Crippen LogP contribution in [0, 0.1) is 10.6 Å². The van der Waals surface area contributed by atoms with Crippen LogP contribution in [0.15, 0.2) is 12.4 Å². The van der Waals surface area contributed by atoms with Gasteiger partial charge >= 0.3 is 0 Å². The van der Waals surface area contributed by atoms with Gasteiger partial charge in [0.2, 0.25) is 4.77 Å². The Balaban J connectivity index is 2.81. The first-order valence-corrected chi connectivity index (χ1v) is 4.76. The average molecular weight is 211 g/mol. The maximum Gasteiger partial charge on any atom is 0.201 e. The molecule has 14 heavy (non-hydrogen) atoms. The van der Waals surface area contributed by atoms with Crippen molar-refractivity contribution < 1.29 is 4.39 Å². The molecule has 2 aromatic heterocycles. The number of aromatic amines is 1. The average Bonchev–Trinajstić information content (AvgIpc) is 2.46. The smallest absolute Gasteiger partial charge is 0.201 e. The second kappa shape index (κ2) is 3.16. The standard InChI is InChI=1S/C9H10FN3S/c1-5(2)13-4-6-7(10)3-11-8(6)12-9(13)14/h3-5H,1-2H3,(H,11,12,14). The first-order chi connectivity index (χ1) is 6.59. The number of nitrogens with one attached hydrogen (secondary N) is 1. The zero-order valence-corrected chi connectivity index (χ0v) is 8.73. The Morgan fingerprint density at radius 1 is 1.57 bits per heavy atom. The highest BCUT2D eigenvalue weighted by Crippen LogP contribution is 2.16. The molecule has 74 valence electrons. The second-order valence-corrected chi connectivity index (χ2v) is 3.79. The molecule has 0 unspecified atom stereocenters. The molecule has 0 aliphatic rings. The molecule has 0 amide bonds. The van der Waals surface area contributed by atoms with Crippen LogP contribution < -0.4 is 0 Å². The molecule has 0 spiro atoms. The fourth-order valence-corrected chi connectivity index (χ4v) is 1.69. The zero-order valence-electron chi connectivity index (χ0n) is 7.91. The second-order valence-electron chi connectivity index (χ2n) is 3.42. The number of nitrogens with zero attached hydrogens (tertiary/aromatic N) is 2. The predicted molar refractivity (Wildman–Crippen MR) is 55.3 cm³/mol. The van der Waals surface area contributed by atoms with E-state index in [4.69, 9.17) is 12.2 Å². The first-order valence-electron chi connectivity index (χ1n) is 4.35. The lowest BCUT2D eigenvalue weighted by molar-refractivity contribution is 0.579. The summed E-state index contributed by atoms with van der Waals surface area (Å²) in [4.78, 5) is 6.83. The normalized spacial score (nSPS) is 11.4. The fourth-order valence-electron chi connectivity index (χ4n) is 1.33. The molecule has 3 nitrogen and oxygen atoms in total. The number of hydrogen-bond acceptors (Lipinski definition) is 2. The van der Waals surface area contributed by atoms with Gasteiger partial charge in [-0.1, -0.05) is 0 Å². The first kappa shape index (κ1) is 9.33. The molecule has 1 N–H and O–H groups in total. The third-order valence-electron chi connectivity index (χ3n) is 2.10. The summed E-state index contributed by atoms with van der Waals surface area (Å²) in [5, 5.41) is 0.479. The van der Waals surface area contributed by atoms with Crippen molar-refractivity contribution in [2.75, 3.05) is 0 Å². The quantitative estimate of drug-likeness (QED) is 0.736. The Kier molecular flexibility index (Phi) is 2.11. The lowest BCUT2D eigenvalue weighted by atomic mass is 10.3. The molecule has 5 heteroatoms. The molecule has 2 aromatic rings. The number of halogens is 1. The molecule has 0 fully saturated rings. The van der Waals surface area contributed by atoms with Crippen molar-refractivity contribution in [1.82, 2.24) is 14.5 Å². The van der Waals surface area contributed by atoms with Crippen molar-refractivity contribution in [3.8, 4) is 0 Å². The Labute approximate surface area is 85.6 Å². The van der Waals surface area contributed by atoms with Crippen LogP contribution in [0.2, 0.25) is 0 Å². The van der Waals surface area contributed by atoms with Gasteiger partial charge in [-0.15, -0.1) is 0 Å². The highest BCUT2D eigenvalue weighted by molar-refractivity contribution is 7.71. The van der Waals surface area contributed by atoms with Gasteiger partial charge in [0, 0.05) is 18.4 Å². The van der Waals surface area contributed by atoms with Gasteiger partial charge in [-0.05, 0) is 26.1 Å². The monoisotopic (exact) mass is 211 g/mol. The number of rotatable bonds is 1. The van der Waals surface area contributed by atoms with E-state index in [1.807, 2.05) is 13.8 Å². The summed E-state index contributed by atoms with van der Waals surface area (Å²) >= 11 is 5.07. The van der Waals surface area contributed by atoms with E-state index in [2.05, 4.69) is 9.97 Å². The SMILES string of the molecule is CC(C)n1cc2c(F)c[nH]c2nc1=S. The topological polar surface area (TPSA) is 33.6 Å². The van der Waals surface area contributed by atoms with E-state index in [0.717, 1.165) is 0 Å². The van der Waals surface area contributed by atoms with Gasteiger partial charge in [-0.3, -0.25) is 0 Å². The van der Waals surface area contributed by atoms with Gasteiger partial charge in [-0.25, -0.2) is 9.37 Å². The molecule has 0 atom stereocenters. The van der Waals surface area contributed by atoms with Crippen LogP contribution in [-0.2, 0) is 0 Å². The Hall–Kier alpha value is -1.23. The van der Waals surface area contributed by atoms with Crippen molar-refractivity contribution in [3.63, 3.8) is 0 Å². The summed E-state index contributed by atoms with van der Waals surface area (Å²) in [6.07, 6.45) is 2.98. The largest absolute Gasteiger partial charge is 0.343 e. The summed E-state index contributed by atoms with van der Waals surface area (Å²) < 4.78 is 15.4. The third kappa shape index (κ3) is 1.33. The minimum Gasteiger partial charge on any atom is -0.343 e. The molecule has 2 rings (SSSR count). The Morgan fingerprint density at radius 2 is 2.29 bits per heavy atom. The summed E-state index contributed by atoms with van der Waals surface area (Å²) in [6, 6.07) is 0.189. The highest BCUT2D eigenvalue weighted by atomic mass is 32.1. The minimum atomic E-state index is -0.295. The lowest BCUT2D eigenvalue weighted by Crippen LogP contribution is -2.04. The lowest BCUT2D eigenvalue weighted by Gasteiger charge is -2.09. The van der Waals surface area contributed by atoms with Gasteiger partial charge < -0.3 is 9.55 Å². The maximum absolute atomic E-state index is 13.2. The van der Waals surface area contributed by atoms with Crippen LogP contribution >= 0.6 is 12.2 Å². The zero-order chi connectivity index (χ0) is 10.3. The van der Waals surface area contributed by atoms with Crippen LogP contribution in [0.4, 0.5) is 4.39 Å². The maximum atomic E-state index is 13.2. The summed E-state index contributed by atoms with van der Waals surface area (Å²) in [5.41, 5.74) is 0.504.